The van der Waals surface area contributed by atoms with Crippen LogP contribution < -0.4 is 10.9 Å². The molecule has 0 aliphatic heterocycles. The van der Waals surface area contributed by atoms with Crippen molar-refractivity contribution in [2.24, 2.45) is 0 Å². The van der Waals surface area contributed by atoms with Gasteiger partial charge in [0.2, 0.25) is 0 Å². The van der Waals surface area contributed by atoms with Crippen LogP contribution in [0.2, 0.25) is 0 Å². The average Bonchev–Trinajstić information content (AvgIpc) is 2.68. The number of fused-ring (bicyclic) bond motifs is 1. The second kappa shape index (κ2) is 7.76. The molecule has 0 atom stereocenters. The lowest BCUT2D eigenvalue weighted by atomic mass is 10.1. The zero-order valence-corrected chi connectivity index (χ0v) is 14.9. The van der Waals surface area contributed by atoms with E-state index in [4.69, 9.17) is 0 Å². The van der Waals surface area contributed by atoms with Crippen molar-refractivity contribution in [1.29, 1.82) is 0 Å². The molecule has 1 amide bonds. The van der Waals surface area contributed by atoms with Crippen molar-refractivity contribution in [2.45, 2.75) is 18.9 Å². The number of halogens is 6. The van der Waals surface area contributed by atoms with Crippen molar-refractivity contribution >= 4 is 16.8 Å². The lowest BCUT2D eigenvalue weighted by Crippen LogP contribution is -2.33. The van der Waals surface area contributed by atoms with E-state index in [9.17, 15) is 35.9 Å². The number of benzene rings is 2. The first-order valence-electron chi connectivity index (χ1n) is 8.37. The highest BCUT2D eigenvalue weighted by Gasteiger charge is 2.34. The quantitative estimate of drug-likeness (QED) is 0.645. The van der Waals surface area contributed by atoms with Crippen LogP contribution in [0.15, 0.2) is 47.3 Å². The molecule has 0 bridgehead atoms. The smallest absolute Gasteiger partial charge is 0.350 e. The van der Waals surface area contributed by atoms with Crippen molar-refractivity contribution in [3.8, 4) is 0 Å². The Kier molecular flexibility index (Phi) is 5.51. The van der Waals surface area contributed by atoms with Crippen molar-refractivity contribution in [1.82, 2.24) is 20.3 Å². The summed E-state index contributed by atoms with van der Waals surface area (Å²) in [5.41, 5.74) is -3.69. The maximum Gasteiger partial charge on any atom is 0.417 e. The Morgan fingerprint density at radius 2 is 1.70 bits per heavy atom. The fourth-order valence-electron chi connectivity index (χ4n) is 2.70. The third-order valence-electron chi connectivity index (χ3n) is 4.14. The molecule has 0 saturated carbocycles. The van der Waals surface area contributed by atoms with Gasteiger partial charge in [-0.2, -0.15) is 26.3 Å². The predicted octanol–water partition coefficient (Wildman–Crippen LogP) is 3.26. The van der Waals surface area contributed by atoms with E-state index >= 15 is 0 Å². The number of hydrogen-bond donors (Lipinski definition) is 1. The van der Waals surface area contributed by atoms with Crippen LogP contribution in [-0.2, 0) is 18.9 Å². The predicted molar refractivity (Wildman–Crippen MR) is 92.6 cm³/mol. The Morgan fingerprint density at radius 1 is 1.00 bits per heavy atom. The lowest BCUT2D eigenvalue weighted by molar-refractivity contribution is -0.138. The van der Waals surface area contributed by atoms with Crippen LogP contribution in [0.3, 0.4) is 0 Å². The van der Waals surface area contributed by atoms with Gasteiger partial charge in [-0.1, -0.05) is 17.3 Å². The minimum atomic E-state index is -4.73. The van der Waals surface area contributed by atoms with Crippen molar-refractivity contribution in [2.75, 3.05) is 6.54 Å². The van der Waals surface area contributed by atoms with E-state index in [2.05, 4.69) is 15.6 Å². The van der Waals surface area contributed by atoms with Gasteiger partial charge in [0.25, 0.3) is 11.5 Å². The molecule has 1 aromatic heterocycles. The van der Waals surface area contributed by atoms with Crippen molar-refractivity contribution in [3.05, 3.63) is 69.5 Å². The molecular weight excluding hydrogens is 418 g/mol. The van der Waals surface area contributed by atoms with Crippen LogP contribution in [-0.4, -0.2) is 27.4 Å². The molecule has 3 aromatic rings. The Balaban J connectivity index is 1.78. The highest BCUT2D eigenvalue weighted by atomic mass is 19.4. The SMILES string of the molecule is O=C(NCCn1nnc2ccc(C(F)(F)F)cc2c1=O)c1ccccc1C(F)(F)F. The molecule has 0 unspecified atom stereocenters. The Labute approximate surface area is 164 Å². The van der Waals surface area contributed by atoms with E-state index in [1.165, 1.54) is 6.07 Å². The highest BCUT2D eigenvalue weighted by molar-refractivity contribution is 5.95. The van der Waals surface area contributed by atoms with Crippen LogP contribution >= 0.6 is 0 Å². The first-order chi connectivity index (χ1) is 14.0. The van der Waals surface area contributed by atoms with Gasteiger partial charge < -0.3 is 5.32 Å². The third-order valence-corrected chi connectivity index (χ3v) is 4.14. The fourth-order valence-corrected chi connectivity index (χ4v) is 2.70. The first-order valence-corrected chi connectivity index (χ1v) is 8.37. The van der Waals surface area contributed by atoms with Gasteiger partial charge >= 0.3 is 12.4 Å². The largest absolute Gasteiger partial charge is 0.417 e. The van der Waals surface area contributed by atoms with Gasteiger partial charge in [-0.3, -0.25) is 9.59 Å². The number of rotatable bonds is 4. The molecule has 3 rings (SSSR count). The van der Waals surface area contributed by atoms with E-state index in [0.29, 0.717) is 6.07 Å². The monoisotopic (exact) mass is 430 g/mol. The lowest BCUT2D eigenvalue weighted by Gasteiger charge is -2.13. The Morgan fingerprint density at radius 3 is 2.37 bits per heavy atom. The molecule has 30 heavy (non-hydrogen) atoms. The van der Waals surface area contributed by atoms with E-state index < -0.39 is 40.5 Å². The average molecular weight is 430 g/mol. The summed E-state index contributed by atoms with van der Waals surface area (Å²) in [6.07, 6.45) is -9.39. The molecule has 0 fully saturated rings. The standard InChI is InChI=1S/C18H12F6N4O2/c19-17(20,21)10-5-6-14-12(9-10)16(30)28(27-26-14)8-7-25-15(29)11-3-1-2-4-13(11)18(22,23)24/h1-6,9H,7-8H2,(H,25,29). The summed E-state index contributed by atoms with van der Waals surface area (Å²) < 4.78 is 78.2. The molecule has 12 heteroatoms. The molecule has 2 aromatic carbocycles. The van der Waals surface area contributed by atoms with Crippen LogP contribution in [0.5, 0.6) is 0 Å². The molecule has 1 heterocycles. The first kappa shape index (κ1) is 21.3. The number of aromatic nitrogens is 3. The van der Waals surface area contributed by atoms with Crippen LogP contribution in [0, 0.1) is 0 Å². The number of hydrogen-bond acceptors (Lipinski definition) is 4. The molecular formula is C18H12F6N4O2. The van der Waals surface area contributed by atoms with Crippen molar-refractivity contribution < 1.29 is 31.1 Å². The third kappa shape index (κ3) is 4.42. The van der Waals surface area contributed by atoms with Gasteiger partial charge in [0.05, 0.1) is 28.6 Å². The molecule has 0 radical (unpaired) electrons. The second-order valence-electron chi connectivity index (χ2n) is 6.15. The van der Waals surface area contributed by atoms with E-state index in [1.807, 2.05) is 0 Å². The summed E-state index contributed by atoms with van der Waals surface area (Å²) in [7, 11) is 0. The van der Waals surface area contributed by atoms with Crippen LogP contribution in [0.1, 0.15) is 21.5 Å². The van der Waals surface area contributed by atoms with Gasteiger partial charge in [0.15, 0.2) is 0 Å². The molecule has 158 valence electrons. The van der Waals surface area contributed by atoms with Crippen LogP contribution in [0.25, 0.3) is 10.9 Å². The van der Waals surface area contributed by atoms with E-state index in [1.54, 1.807) is 0 Å². The van der Waals surface area contributed by atoms with E-state index in [0.717, 1.165) is 35.0 Å². The Bertz CT molecular complexity index is 1150. The number of carbonyl (C=O) groups excluding carboxylic acids is 1. The zero-order valence-electron chi connectivity index (χ0n) is 14.9. The fraction of sp³-hybridized carbons (Fsp3) is 0.222. The molecule has 0 saturated heterocycles. The van der Waals surface area contributed by atoms with E-state index in [-0.39, 0.29) is 24.0 Å². The molecule has 0 spiro atoms. The number of alkyl halides is 6. The number of amides is 1. The summed E-state index contributed by atoms with van der Waals surface area (Å²) in [6, 6.07) is 6.57. The van der Waals surface area contributed by atoms with Crippen LogP contribution in [0.4, 0.5) is 26.3 Å². The number of nitrogens with one attached hydrogen (secondary N) is 1. The summed E-state index contributed by atoms with van der Waals surface area (Å²) in [4.78, 5) is 24.5. The molecule has 1 N–H and O–H groups in total. The minimum Gasteiger partial charge on any atom is -0.350 e. The summed E-state index contributed by atoms with van der Waals surface area (Å²) >= 11 is 0. The van der Waals surface area contributed by atoms with Gasteiger partial charge in [-0.25, -0.2) is 4.68 Å². The van der Waals surface area contributed by atoms with Crippen molar-refractivity contribution in [3.63, 3.8) is 0 Å². The molecule has 0 aliphatic carbocycles. The minimum absolute atomic E-state index is 0.0487. The van der Waals surface area contributed by atoms with Gasteiger partial charge in [-0.15, -0.1) is 5.10 Å². The normalized spacial score (nSPS) is 12.2. The summed E-state index contributed by atoms with van der Waals surface area (Å²) in [6.45, 7) is -0.609. The zero-order chi connectivity index (χ0) is 22.1. The summed E-state index contributed by atoms with van der Waals surface area (Å²) in [5.74, 6) is -1.02. The number of nitrogens with zero attached hydrogens (tertiary/aromatic N) is 3. The molecule has 0 aliphatic rings. The highest BCUT2D eigenvalue weighted by Crippen LogP contribution is 2.32. The maximum absolute atomic E-state index is 13.0. The Hall–Kier alpha value is -3.44. The van der Waals surface area contributed by atoms with Gasteiger partial charge in [0.1, 0.15) is 5.52 Å². The van der Waals surface area contributed by atoms with Gasteiger partial charge in [-0.05, 0) is 30.3 Å². The molecule has 6 nitrogen and oxygen atoms in total. The topological polar surface area (TPSA) is 76.9 Å². The number of carbonyl (C=O) groups is 1. The maximum atomic E-state index is 13.0. The van der Waals surface area contributed by atoms with Gasteiger partial charge in [0, 0.05) is 6.54 Å². The second-order valence-corrected chi connectivity index (χ2v) is 6.15. The summed E-state index contributed by atoms with van der Waals surface area (Å²) in [5, 5.41) is 9.12.